The van der Waals surface area contributed by atoms with Crippen molar-refractivity contribution in [3.05, 3.63) is 12.2 Å². The van der Waals surface area contributed by atoms with E-state index in [0.717, 1.165) is 25.7 Å². The number of terminal acetylenes is 1. The second-order valence-electron chi connectivity index (χ2n) is 9.92. The lowest BCUT2D eigenvalue weighted by Gasteiger charge is -2.59. The maximum Gasteiger partial charge on any atom is 0.133 e. The van der Waals surface area contributed by atoms with Gasteiger partial charge in [-0.15, -0.1) is 6.42 Å². The van der Waals surface area contributed by atoms with Crippen LogP contribution in [0.25, 0.3) is 0 Å². The van der Waals surface area contributed by atoms with Crippen molar-refractivity contribution in [1.29, 1.82) is 0 Å². The summed E-state index contributed by atoms with van der Waals surface area (Å²) in [5.41, 5.74) is -0.584. The lowest BCUT2D eigenvalue weighted by atomic mass is 9.46. The quantitative estimate of drug-likeness (QED) is 0.568. The number of Topliss-reactive ketones (excluding diaryl/α,β-unsaturated/α-hetero) is 1. The smallest absolute Gasteiger partial charge is 0.133 e. The van der Waals surface area contributed by atoms with Crippen molar-refractivity contribution < 1.29 is 9.90 Å². The fourth-order valence-corrected chi connectivity index (χ4v) is 7.40. The van der Waals surface area contributed by atoms with E-state index < -0.39 is 5.60 Å². The average Bonchev–Trinajstić information content (AvgIpc) is 2.93. The lowest BCUT2D eigenvalue weighted by Crippen LogP contribution is -2.54. The Bertz CT molecular complexity index is 657. The first-order valence-corrected chi connectivity index (χ1v) is 10.1. The maximum absolute atomic E-state index is 12.2. The van der Waals surface area contributed by atoms with Gasteiger partial charge in [-0.1, -0.05) is 31.9 Å². The molecule has 0 radical (unpaired) electrons. The Morgan fingerprint density at radius 2 is 1.96 bits per heavy atom. The number of allylic oxidation sites excluding steroid dienone is 2. The molecule has 136 valence electrons. The number of hydrogen-bond donors (Lipinski definition) is 1. The predicted molar refractivity (Wildman–Crippen MR) is 99.6 cm³/mol. The molecule has 0 aromatic rings. The molecule has 0 spiro atoms. The molecule has 1 N–H and O–H groups in total. The normalized spacial score (nSPS) is 54.1. The van der Waals surface area contributed by atoms with Crippen LogP contribution in [-0.2, 0) is 4.79 Å². The summed E-state index contributed by atoms with van der Waals surface area (Å²) < 4.78 is 0. The molecule has 0 amide bonds. The lowest BCUT2D eigenvalue weighted by molar-refractivity contribution is -0.125. The number of carbonyl (C=O) groups excluding carboxylic acids is 1. The van der Waals surface area contributed by atoms with Crippen molar-refractivity contribution in [1.82, 2.24) is 0 Å². The summed E-state index contributed by atoms with van der Waals surface area (Å²) in [5, 5.41) is 10.6. The summed E-state index contributed by atoms with van der Waals surface area (Å²) in [5.74, 6) is 5.67. The van der Waals surface area contributed by atoms with Gasteiger partial charge in [-0.3, -0.25) is 4.79 Å². The van der Waals surface area contributed by atoms with Crippen LogP contribution in [0.2, 0.25) is 0 Å². The molecule has 0 heterocycles. The van der Waals surface area contributed by atoms with Gasteiger partial charge >= 0.3 is 0 Å². The van der Waals surface area contributed by atoms with Crippen LogP contribution in [0.4, 0.5) is 0 Å². The van der Waals surface area contributed by atoms with Gasteiger partial charge in [0.25, 0.3) is 0 Å². The summed E-state index contributed by atoms with van der Waals surface area (Å²) in [6, 6.07) is 0. The van der Waals surface area contributed by atoms with Gasteiger partial charge in [-0.05, 0) is 86.4 Å². The van der Waals surface area contributed by atoms with E-state index in [1.165, 1.54) is 19.3 Å². The Balaban J connectivity index is 1.66. The molecule has 0 aliphatic heterocycles. The Hall–Kier alpha value is -1.07. The van der Waals surface area contributed by atoms with Gasteiger partial charge in [-0.2, -0.15) is 0 Å². The number of hydrogen-bond acceptors (Lipinski definition) is 2. The molecule has 2 heteroatoms. The van der Waals surface area contributed by atoms with Crippen LogP contribution in [0.5, 0.6) is 0 Å². The summed E-state index contributed by atoms with van der Waals surface area (Å²) in [6.45, 7) is 6.54. The van der Waals surface area contributed by atoms with Crippen molar-refractivity contribution >= 4 is 5.78 Å². The Kier molecular flexibility index (Phi) is 3.79. The molecule has 25 heavy (non-hydrogen) atoms. The van der Waals surface area contributed by atoms with Crippen LogP contribution >= 0.6 is 0 Å². The highest BCUT2D eigenvalue weighted by molar-refractivity contribution is 5.80. The van der Waals surface area contributed by atoms with Crippen molar-refractivity contribution in [2.24, 2.45) is 40.4 Å². The minimum Gasteiger partial charge on any atom is -0.378 e. The number of ketones is 1. The minimum absolute atomic E-state index is 0.0599. The topological polar surface area (TPSA) is 37.3 Å². The van der Waals surface area contributed by atoms with Gasteiger partial charge in [0.15, 0.2) is 0 Å². The van der Waals surface area contributed by atoms with E-state index in [1.54, 1.807) is 6.92 Å². The summed E-state index contributed by atoms with van der Waals surface area (Å²) in [4.78, 5) is 12.2. The third-order valence-electron chi connectivity index (χ3n) is 8.92. The molecule has 4 aliphatic carbocycles. The summed E-state index contributed by atoms with van der Waals surface area (Å²) in [7, 11) is 0. The highest BCUT2D eigenvalue weighted by Gasteiger charge is 2.60. The van der Waals surface area contributed by atoms with Crippen LogP contribution in [0.15, 0.2) is 12.2 Å². The molecule has 0 aromatic heterocycles. The molecule has 0 saturated heterocycles. The maximum atomic E-state index is 12.2. The molecule has 3 saturated carbocycles. The van der Waals surface area contributed by atoms with E-state index >= 15 is 0 Å². The van der Waals surface area contributed by atoms with Crippen molar-refractivity contribution in [2.45, 2.75) is 71.3 Å². The molecule has 3 fully saturated rings. The van der Waals surface area contributed by atoms with Crippen LogP contribution in [0.3, 0.4) is 0 Å². The van der Waals surface area contributed by atoms with E-state index in [2.05, 4.69) is 31.9 Å². The molecular formula is C23H32O2. The number of rotatable bonds is 1. The van der Waals surface area contributed by atoms with Gasteiger partial charge in [0, 0.05) is 5.92 Å². The van der Waals surface area contributed by atoms with E-state index in [0.29, 0.717) is 29.5 Å². The van der Waals surface area contributed by atoms with E-state index in [4.69, 9.17) is 6.42 Å². The highest BCUT2D eigenvalue weighted by Crippen LogP contribution is 2.65. The van der Waals surface area contributed by atoms with E-state index in [1.807, 2.05) is 0 Å². The zero-order chi connectivity index (χ0) is 18.0. The number of carbonyl (C=O) groups is 1. The predicted octanol–water partition coefficient (Wildman–Crippen LogP) is 4.37. The zero-order valence-electron chi connectivity index (χ0n) is 15.9. The molecule has 0 bridgehead atoms. The van der Waals surface area contributed by atoms with E-state index in [9.17, 15) is 9.90 Å². The molecule has 2 nitrogen and oxygen atoms in total. The van der Waals surface area contributed by atoms with E-state index in [-0.39, 0.29) is 16.7 Å². The minimum atomic E-state index is -0.892. The van der Waals surface area contributed by atoms with Gasteiger partial charge in [0.2, 0.25) is 0 Å². The van der Waals surface area contributed by atoms with Crippen molar-refractivity contribution in [2.75, 3.05) is 0 Å². The SMILES string of the molecule is C#CC1(O)CCC2(C)C(CCC3C4CCC(C(C)=O)C4(C)C=CC32)C1. The monoisotopic (exact) mass is 340 g/mol. The largest absolute Gasteiger partial charge is 0.378 e. The summed E-state index contributed by atoms with van der Waals surface area (Å²) in [6.07, 6.45) is 17.6. The second kappa shape index (κ2) is 5.46. The Labute approximate surface area is 152 Å². The average molecular weight is 341 g/mol. The number of aliphatic hydroxyl groups is 1. The Morgan fingerprint density at radius 3 is 2.64 bits per heavy atom. The molecule has 8 unspecified atom stereocenters. The van der Waals surface area contributed by atoms with Crippen LogP contribution in [-0.4, -0.2) is 16.5 Å². The third-order valence-corrected chi connectivity index (χ3v) is 8.92. The van der Waals surface area contributed by atoms with Crippen LogP contribution in [0.1, 0.15) is 65.7 Å². The molecule has 4 rings (SSSR count). The fraction of sp³-hybridized carbons (Fsp3) is 0.783. The van der Waals surface area contributed by atoms with Gasteiger partial charge < -0.3 is 5.11 Å². The van der Waals surface area contributed by atoms with Gasteiger partial charge in [-0.25, -0.2) is 0 Å². The first-order valence-electron chi connectivity index (χ1n) is 10.1. The van der Waals surface area contributed by atoms with Crippen molar-refractivity contribution in [3.63, 3.8) is 0 Å². The van der Waals surface area contributed by atoms with Crippen LogP contribution < -0.4 is 0 Å². The molecular weight excluding hydrogens is 308 g/mol. The van der Waals surface area contributed by atoms with Crippen LogP contribution in [0, 0.1) is 52.8 Å². The number of fused-ring (bicyclic) bond motifs is 5. The van der Waals surface area contributed by atoms with Gasteiger partial charge in [0.05, 0.1) is 0 Å². The standard InChI is InChI=1S/C23H32O2/c1-5-23(25)13-12-21(3)16(14-23)6-7-17-19-9-8-18(15(2)24)22(19,4)11-10-20(17)21/h1,10-11,16-20,25H,6-9,12-14H2,2-4H3. The van der Waals surface area contributed by atoms with Gasteiger partial charge in [0.1, 0.15) is 11.4 Å². The first-order chi connectivity index (χ1) is 11.7. The third kappa shape index (κ3) is 2.31. The molecule has 0 aromatic carbocycles. The first kappa shape index (κ1) is 17.3. The Morgan fingerprint density at radius 1 is 1.20 bits per heavy atom. The summed E-state index contributed by atoms with van der Waals surface area (Å²) >= 11 is 0. The highest BCUT2D eigenvalue weighted by atomic mass is 16.3. The molecule has 4 aliphatic rings. The second-order valence-corrected chi connectivity index (χ2v) is 9.92. The molecule has 8 atom stereocenters. The van der Waals surface area contributed by atoms with Crippen molar-refractivity contribution in [3.8, 4) is 12.3 Å². The fourth-order valence-electron chi connectivity index (χ4n) is 7.40. The zero-order valence-corrected chi connectivity index (χ0v) is 15.9.